The van der Waals surface area contributed by atoms with Gasteiger partial charge in [-0.15, -0.1) is 6.58 Å². The summed E-state index contributed by atoms with van der Waals surface area (Å²) in [5.41, 5.74) is 0.482. The Kier molecular flexibility index (Phi) is 4.60. The van der Waals surface area contributed by atoms with Gasteiger partial charge in [0.05, 0.1) is 12.3 Å². The van der Waals surface area contributed by atoms with E-state index in [1.54, 1.807) is 30.3 Å². The Balaban J connectivity index is 2.92. The van der Waals surface area contributed by atoms with Crippen LogP contribution in [0, 0.1) is 0 Å². The van der Waals surface area contributed by atoms with Gasteiger partial charge in [0.1, 0.15) is 0 Å². The molecule has 0 bridgehead atoms. The van der Waals surface area contributed by atoms with Crippen LogP contribution < -0.4 is 4.72 Å². The van der Waals surface area contributed by atoms with Gasteiger partial charge in [0.2, 0.25) is 10.0 Å². The second-order valence-corrected chi connectivity index (χ2v) is 5.48. The van der Waals surface area contributed by atoms with E-state index in [0.29, 0.717) is 5.56 Å². The molecule has 1 N–H and O–H groups in total. The van der Waals surface area contributed by atoms with Gasteiger partial charge in [-0.1, -0.05) is 36.4 Å². The van der Waals surface area contributed by atoms with Gasteiger partial charge >= 0.3 is 0 Å². The number of sulfonamides is 1. The van der Waals surface area contributed by atoms with E-state index < -0.39 is 16.1 Å². The molecule has 1 aromatic rings. The zero-order chi connectivity index (χ0) is 12.9. The number of rotatable bonds is 6. The van der Waals surface area contributed by atoms with Crippen molar-refractivity contribution in [3.63, 3.8) is 0 Å². The number of Topliss-reactive ketones (excluding diaryl/α,β-unsaturated/α-hetero) is 1. The third kappa shape index (κ3) is 4.50. The summed E-state index contributed by atoms with van der Waals surface area (Å²) in [5.74, 6) is -0.254. The largest absolute Gasteiger partial charge is 0.292 e. The second-order valence-electron chi connectivity index (χ2n) is 3.70. The van der Waals surface area contributed by atoms with E-state index in [-0.39, 0.29) is 12.2 Å². The van der Waals surface area contributed by atoms with Crippen LogP contribution in [0.3, 0.4) is 0 Å². The van der Waals surface area contributed by atoms with E-state index in [4.69, 9.17) is 0 Å². The lowest BCUT2D eigenvalue weighted by Gasteiger charge is -2.14. The standard InChI is InChI=1S/C12H15NO3S/c1-3-7-11(13-17(2,15)16)12(14)10-8-5-4-6-9-10/h3-6,8-9,11,13H,1,7H2,2H3. The summed E-state index contributed by atoms with van der Waals surface area (Å²) in [5, 5.41) is 0. The van der Waals surface area contributed by atoms with Crippen LogP contribution in [0.4, 0.5) is 0 Å². The molecule has 0 aliphatic heterocycles. The molecule has 17 heavy (non-hydrogen) atoms. The Morgan fingerprint density at radius 3 is 2.47 bits per heavy atom. The van der Waals surface area contributed by atoms with Crippen molar-refractivity contribution in [3.05, 3.63) is 48.6 Å². The minimum absolute atomic E-state index is 0.254. The zero-order valence-corrected chi connectivity index (χ0v) is 10.4. The summed E-state index contributed by atoms with van der Waals surface area (Å²) in [6, 6.07) is 7.79. The normalized spacial score (nSPS) is 13.0. The van der Waals surface area contributed by atoms with E-state index in [2.05, 4.69) is 11.3 Å². The van der Waals surface area contributed by atoms with Crippen molar-refractivity contribution in [3.8, 4) is 0 Å². The van der Waals surface area contributed by atoms with Crippen LogP contribution in [-0.4, -0.2) is 26.5 Å². The van der Waals surface area contributed by atoms with Gasteiger partial charge in [-0.25, -0.2) is 13.1 Å². The van der Waals surface area contributed by atoms with Crippen molar-refractivity contribution in [1.29, 1.82) is 0 Å². The molecule has 0 aliphatic carbocycles. The minimum atomic E-state index is -3.42. The Bertz CT molecular complexity index is 494. The van der Waals surface area contributed by atoms with Gasteiger partial charge in [0.25, 0.3) is 0 Å². The van der Waals surface area contributed by atoms with Gasteiger partial charge < -0.3 is 0 Å². The summed E-state index contributed by atoms with van der Waals surface area (Å²) in [6.07, 6.45) is 2.81. The molecular weight excluding hydrogens is 238 g/mol. The SMILES string of the molecule is C=CCC(NS(C)(=O)=O)C(=O)c1ccccc1. The Hall–Kier alpha value is -1.46. The number of carbonyl (C=O) groups is 1. The Morgan fingerprint density at radius 1 is 1.41 bits per heavy atom. The lowest BCUT2D eigenvalue weighted by atomic mass is 10.0. The third-order valence-electron chi connectivity index (χ3n) is 2.13. The molecule has 0 spiro atoms. The Labute approximate surface area is 101 Å². The molecule has 0 saturated carbocycles. The highest BCUT2D eigenvalue weighted by molar-refractivity contribution is 7.88. The molecule has 0 heterocycles. The topological polar surface area (TPSA) is 63.2 Å². The molecule has 0 aromatic heterocycles. The maximum absolute atomic E-state index is 12.0. The third-order valence-corrected chi connectivity index (χ3v) is 2.85. The predicted octanol–water partition coefficient (Wildman–Crippen LogP) is 1.36. The van der Waals surface area contributed by atoms with E-state index in [1.165, 1.54) is 6.08 Å². The molecule has 0 saturated heterocycles. The summed E-state index contributed by atoms with van der Waals surface area (Å²) < 4.78 is 24.6. The summed E-state index contributed by atoms with van der Waals surface area (Å²) >= 11 is 0. The first-order valence-electron chi connectivity index (χ1n) is 5.11. The quantitative estimate of drug-likeness (QED) is 0.615. The molecule has 1 unspecified atom stereocenters. The monoisotopic (exact) mass is 253 g/mol. The van der Waals surface area contributed by atoms with Gasteiger partial charge in [-0.3, -0.25) is 4.79 Å². The first kappa shape index (κ1) is 13.6. The number of nitrogens with one attached hydrogen (secondary N) is 1. The summed E-state index contributed by atoms with van der Waals surface area (Å²) in [7, 11) is -3.42. The highest BCUT2D eigenvalue weighted by Crippen LogP contribution is 2.07. The van der Waals surface area contributed by atoms with Crippen molar-refractivity contribution in [2.24, 2.45) is 0 Å². The van der Waals surface area contributed by atoms with Gasteiger partial charge in [0.15, 0.2) is 5.78 Å². The first-order chi connectivity index (χ1) is 7.94. The molecule has 0 fully saturated rings. The highest BCUT2D eigenvalue weighted by atomic mass is 32.2. The predicted molar refractivity (Wildman–Crippen MR) is 67.4 cm³/mol. The molecule has 0 amide bonds. The Morgan fingerprint density at radius 2 is 2.00 bits per heavy atom. The minimum Gasteiger partial charge on any atom is -0.292 e. The molecule has 5 heteroatoms. The lowest BCUT2D eigenvalue weighted by molar-refractivity contribution is 0.0954. The van der Waals surface area contributed by atoms with Crippen LogP contribution in [0.2, 0.25) is 0 Å². The molecule has 4 nitrogen and oxygen atoms in total. The van der Waals surface area contributed by atoms with Crippen molar-refractivity contribution in [2.75, 3.05) is 6.26 Å². The highest BCUT2D eigenvalue weighted by Gasteiger charge is 2.21. The van der Waals surface area contributed by atoms with E-state index in [0.717, 1.165) is 6.26 Å². The maximum Gasteiger partial charge on any atom is 0.209 e. The van der Waals surface area contributed by atoms with Crippen molar-refractivity contribution in [1.82, 2.24) is 4.72 Å². The summed E-state index contributed by atoms with van der Waals surface area (Å²) in [6.45, 7) is 3.52. The average molecular weight is 253 g/mol. The molecule has 0 aliphatic rings. The van der Waals surface area contributed by atoms with Crippen LogP contribution in [0.1, 0.15) is 16.8 Å². The van der Waals surface area contributed by atoms with Crippen LogP contribution >= 0.6 is 0 Å². The molecule has 1 rings (SSSR count). The van der Waals surface area contributed by atoms with E-state index >= 15 is 0 Å². The van der Waals surface area contributed by atoms with Crippen LogP contribution in [-0.2, 0) is 10.0 Å². The lowest BCUT2D eigenvalue weighted by Crippen LogP contribution is -2.39. The molecule has 1 atom stereocenters. The number of hydrogen-bond donors (Lipinski definition) is 1. The van der Waals surface area contributed by atoms with Crippen molar-refractivity contribution in [2.45, 2.75) is 12.5 Å². The van der Waals surface area contributed by atoms with E-state index in [1.807, 2.05) is 0 Å². The number of ketones is 1. The van der Waals surface area contributed by atoms with Crippen molar-refractivity contribution < 1.29 is 13.2 Å². The number of carbonyl (C=O) groups excluding carboxylic acids is 1. The summed E-state index contributed by atoms with van der Waals surface area (Å²) in [4.78, 5) is 12.0. The molecule has 1 aromatic carbocycles. The fourth-order valence-corrected chi connectivity index (χ4v) is 2.16. The second kappa shape index (κ2) is 5.75. The molecule has 92 valence electrons. The average Bonchev–Trinajstić information content (AvgIpc) is 2.27. The van der Waals surface area contributed by atoms with E-state index in [9.17, 15) is 13.2 Å². The number of benzene rings is 1. The smallest absolute Gasteiger partial charge is 0.209 e. The van der Waals surface area contributed by atoms with Crippen LogP contribution in [0.15, 0.2) is 43.0 Å². The van der Waals surface area contributed by atoms with Crippen LogP contribution in [0.5, 0.6) is 0 Å². The van der Waals surface area contributed by atoms with Gasteiger partial charge in [-0.05, 0) is 6.42 Å². The van der Waals surface area contributed by atoms with Gasteiger partial charge in [0, 0.05) is 5.56 Å². The first-order valence-corrected chi connectivity index (χ1v) is 7.00. The number of hydrogen-bond acceptors (Lipinski definition) is 3. The van der Waals surface area contributed by atoms with Crippen molar-refractivity contribution >= 4 is 15.8 Å². The molecule has 0 radical (unpaired) electrons. The van der Waals surface area contributed by atoms with Gasteiger partial charge in [-0.2, -0.15) is 0 Å². The maximum atomic E-state index is 12.0. The molecular formula is C12H15NO3S. The van der Waals surface area contributed by atoms with Crippen LogP contribution in [0.25, 0.3) is 0 Å². The fourth-order valence-electron chi connectivity index (χ4n) is 1.44. The zero-order valence-electron chi connectivity index (χ0n) is 9.59. The fraction of sp³-hybridized carbons (Fsp3) is 0.250.